The number of nitrogens with one attached hydrogen (secondary N) is 2. The number of benzene rings is 2. The molecule has 2 aromatic rings. The summed E-state index contributed by atoms with van der Waals surface area (Å²) in [6, 6.07) is 17.4. The van der Waals surface area contributed by atoms with Gasteiger partial charge >= 0.3 is 0 Å². The molecule has 1 atom stereocenters. The molecule has 1 fully saturated rings. The lowest BCUT2D eigenvalue weighted by Crippen LogP contribution is -2.44. The van der Waals surface area contributed by atoms with Crippen LogP contribution in [0.15, 0.2) is 60.7 Å². The summed E-state index contributed by atoms with van der Waals surface area (Å²) < 4.78 is 0. The highest BCUT2D eigenvalue weighted by Gasteiger charge is 2.14. The molecule has 1 unspecified atom stereocenters. The number of likely N-dealkylation sites (tertiary alicyclic amines) is 1. The van der Waals surface area contributed by atoms with E-state index in [1.165, 1.54) is 37.3 Å². The number of carbonyl (C=O) groups is 2. The molecule has 2 aromatic carbocycles. The second kappa shape index (κ2) is 12.1. The summed E-state index contributed by atoms with van der Waals surface area (Å²) in [5, 5.41) is 5.64. The maximum atomic E-state index is 12.4. The van der Waals surface area contributed by atoms with Crippen LogP contribution >= 0.6 is 0 Å². The molecule has 5 nitrogen and oxygen atoms in total. The molecule has 0 bridgehead atoms. The van der Waals surface area contributed by atoms with E-state index in [9.17, 15) is 9.59 Å². The molecule has 2 N–H and O–H groups in total. The summed E-state index contributed by atoms with van der Waals surface area (Å²) in [6.07, 6.45) is 8.40. The van der Waals surface area contributed by atoms with Crippen LogP contribution in [0.5, 0.6) is 0 Å². The molecule has 164 valence electrons. The third kappa shape index (κ3) is 8.02. The van der Waals surface area contributed by atoms with E-state index in [1.54, 1.807) is 13.0 Å². The van der Waals surface area contributed by atoms with Crippen molar-refractivity contribution in [3.63, 3.8) is 0 Å². The summed E-state index contributed by atoms with van der Waals surface area (Å²) in [5.41, 5.74) is 3.29. The fraction of sp³-hybridized carbons (Fsp3) is 0.385. The van der Waals surface area contributed by atoms with Crippen LogP contribution in [0.3, 0.4) is 0 Å². The maximum absolute atomic E-state index is 12.4. The molecule has 0 aliphatic carbocycles. The van der Waals surface area contributed by atoms with Crippen LogP contribution in [0, 0.1) is 0 Å². The van der Waals surface area contributed by atoms with Crippen molar-refractivity contribution in [1.82, 2.24) is 15.5 Å². The summed E-state index contributed by atoms with van der Waals surface area (Å²) >= 11 is 0. The number of amides is 2. The van der Waals surface area contributed by atoms with E-state index in [0.717, 1.165) is 30.8 Å². The van der Waals surface area contributed by atoms with Gasteiger partial charge in [0.05, 0.1) is 0 Å². The Hall–Kier alpha value is -2.92. The Morgan fingerprint density at radius 1 is 0.968 bits per heavy atom. The van der Waals surface area contributed by atoms with E-state index in [4.69, 9.17) is 0 Å². The fourth-order valence-electron chi connectivity index (χ4n) is 3.80. The molecule has 1 aliphatic heterocycles. The Bertz CT molecular complexity index is 871. The van der Waals surface area contributed by atoms with Crippen molar-refractivity contribution in [1.29, 1.82) is 0 Å². The van der Waals surface area contributed by atoms with Gasteiger partial charge in [0.1, 0.15) is 6.04 Å². The predicted molar refractivity (Wildman–Crippen MR) is 125 cm³/mol. The van der Waals surface area contributed by atoms with Crippen molar-refractivity contribution in [2.24, 2.45) is 0 Å². The van der Waals surface area contributed by atoms with Gasteiger partial charge in [0, 0.05) is 19.2 Å². The fourth-order valence-corrected chi connectivity index (χ4v) is 3.80. The Balaban J connectivity index is 1.45. The van der Waals surface area contributed by atoms with Gasteiger partial charge in [0.15, 0.2) is 0 Å². The molecule has 0 saturated carbocycles. The van der Waals surface area contributed by atoms with Crippen LogP contribution in [-0.4, -0.2) is 35.8 Å². The molecule has 31 heavy (non-hydrogen) atoms. The zero-order chi connectivity index (χ0) is 21.9. The quantitative estimate of drug-likeness (QED) is 0.638. The molecule has 1 heterocycles. The van der Waals surface area contributed by atoms with E-state index in [2.05, 4.69) is 27.7 Å². The van der Waals surface area contributed by atoms with Crippen LogP contribution in [0.2, 0.25) is 0 Å². The lowest BCUT2D eigenvalue weighted by Gasteiger charge is -2.20. The number of hydrogen-bond donors (Lipinski definition) is 2. The highest BCUT2D eigenvalue weighted by atomic mass is 16.2. The van der Waals surface area contributed by atoms with Crippen molar-refractivity contribution in [2.75, 3.05) is 13.1 Å². The third-order valence-corrected chi connectivity index (χ3v) is 5.54. The molecule has 0 spiro atoms. The van der Waals surface area contributed by atoms with Gasteiger partial charge in [-0.1, -0.05) is 67.4 Å². The van der Waals surface area contributed by atoms with Gasteiger partial charge in [-0.25, -0.2) is 0 Å². The topological polar surface area (TPSA) is 61.4 Å². The van der Waals surface area contributed by atoms with Crippen molar-refractivity contribution in [3.8, 4) is 0 Å². The van der Waals surface area contributed by atoms with E-state index >= 15 is 0 Å². The minimum Gasteiger partial charge on any atom is -0.350 e. The maximum Gasteiger partial charge on any atom is 0.244 e. The Morgan fingerprint density at radius 3 is 2.42 bits per heavy atom. The van der Waals surface area contributed by atoms with Crippen molar-refractivity contribution in [2.45, 2.75) is 51.7 Å². The van der Waals surface area contributed by atoms with Crippen molar-refractivity contribution in [3.05, 3.63) is 77.4 Å². The summed E-state index contributed by atoms with van der Waals surface area (Å²) in [4.78, 5) is 27.0. The van der Waals surface area contributed by atoms with E-state index < -0.39 is 6.04 Å². The molecular weight excluding hydrogens is 386 g/mol. The Labute approximate surface area is 185 Å². The summed E-state index contributed by atoms with van der Waals surface area (Å²) in [6.45, 7) is 5.43. The van der Waals surface area contributed by atoms with Gasteiger partial charge < -0.3 is 10.6 Å². The van der Waals surface area contributed by atoms with Crippen LogP contribution in [-0.2, 0) is 22.7 Å². The van der Waals surface area contributed by atoms with Gasteiger partial charge in [-0.3, -0.25) is 14.5 Å². The minimum atomic E-state index is -0.604. The molecule has 0 radical (unpaired) electrons. The van der Waals surface area contributed by atoms with Gasteiger partial charge in [0.25, 0.3) is 0 Å². The molecule has 2 amide bonds. The van der Waals surface area contributed by atoms with Gasteiger partial charge in [-0.15, -0.1) is 0 Å². The highest BCUT2D eigenvalue weighted by Crippen LogP contribution is 2.14. The van der Waals surface area contributed by atoms with Gasteiger partial charge in [-0.05, 0) is 55.6 Å². The standard InChI is InChI=1S/C26H33N3O2/c1-21(28-25(30)15-14-22-10-5-4-6-11-22)26(31)27-19-23-12-9-13-24(18-23)20-29-16-7-2-3-8-17-29/h4-6,9-15,18,21H,2-3,7-8,16-17,19-20H2,1H3,(H,27,31)(H,28,30)/b15-14+. The van der Waals surface area contributed by atoms with Crippen LogP contribution in [0.25, 0.3) is 6.08 Å². The van der Waals surface area contributed by atoms with E-state index in [1.807, 2.05) is 42.5 Å². The van der Waals surface area contributed by atoms with Gasteiger partial charge in [-0.2, -0.15) is 0 Å². The Kier molecular flexibility index (Phi) is 8.85. The lowest BCUT2D eigenvalue weighted by atomic mass is 10.1. The monoisotopic (exact) mass is 419 g/mol. The lowest BCUT2D eigenvalue weighted by molar-refractivity contribution is -0.126. The average Bonchev–Trinajstić information content (AvgIpc) is 3.05. The second-order valence-corrected chi connectivity index (χ2v) is 8.20. The normalized spacial score (nSPS) is 15.9. The first-order chi connectivity index (χ1) is 15.1. The number of carbonyl (C=O) groups excluding carboxylic acids is 2. The number of hydrogen-bond acceptors (Lipinski definition) is 3. The van der Waals surface area contributed by atoms with Gasteiger partial charge in [0.2, 0.25) is 11.8 Å². The molecule has 1 aliphatic rings. The highest BCUT2D eigenvalue weighted by molar-refractivity contribution is 5.95. The zero-order valence-corrected chi connectivity index (χ0v) is 18.3. The first-order valence-electron chi connectivity index (χ1n) is 11.2. The average molecular weight is 420 g/mol. The minimum absolute atomic E-state index is 0.195. The number of nitrogens with zero attached hydrogens (tertiary/aromatic N) is 1. The summed E-state index contributed by atoms with van der Waals surface area (Å²) in [7, 11) is 0. The van der Waals surface area contributed by atoms with Crippen molar-refractivity contribution >= 4 is 17.9 Å². The predicted octanol–water partition coefficient (Wildman–Crippen LogP) is 3.90. The SMILES string of the molecule is CC(NC(=O)/C=C/c1ccccc1)C(=O)NCc1cccc(CN2CCCCCC2)c1. The third-order valence-electron chi connectivity index (χ3n) is 5.54. The van der Waals surface area contributed by atoms with Crippen LogP contribution < -0.4 is 10.6 Å². The number of rotatable bonds is 8. The Morgan fingerprint density at radius 2 is 1.68 bits per heavy atom. The molecule has 5 heteroatoms. The molecule has 0 aromatic heterocycles. The van der Waals surface area contributed by atoms with Crippen molar-refractivity contribution < 1.29 is 9.59 Å². The smallest absolute Gasteiger partial charge is 0.244 e. The zero-order valence-electron chi connectivity index (χ0n) is 18.3. The van der Waals surface area contributed by atoms with E-state index in [0.29, 0.717) is 6.54 Å². The first kappa shape index (κ1) is 22.8. The van der Waals surface area contributed by atoms with Crippen LogP contribution in [0.1, 0.15) is 49.3 Å². The molecule has 3 rings (SSSR count). The summed E-state index contributed by atoms with van der Waals surface area (Å²) in [5.74, 6) is -0.481. The first-order valence-corrected chi connectivity index (χ1v) is 11.2. The second-order valence-electron chi connectivity index (χ2n) is 8.20. The molecule has 1 saturated heterocycles. The van der Waals surface area contributed by atoms with E-state index in [-0.39, 0.29) is 11.8 Å². The molecular formula is C26H33N3O2. The largest absolute Gasteiger partial charge is 0.350 e. The van der Waals surface area contributed by atoms with Crippen LogP contribution in [0.4, 0.5) is 0 Å².